The van der Waals surface area contributed by atoms with Crippen LogP contribution >= 0.6 is 0 Å². The van der Waals surface area contributed by atoms with Gasteiger partial charge in [0.1, 0.15) is 12.0 Å². The molecule has 0 bridgehead atoms. The largest absolute Gasteiger partial charge is 0.488 e. The normalized spacial score (nSPS) is 18.9. The summed E-state index contributed by atoms with van der Waals surface area (Å²) in [6, 6.07) is 17.0. The third-order valence-corrected chi connectivity index (χ3v) is 4.57. The lowest BCUT2D eigenvalue weighted by atomic mass is 9.79. The smallest absolute Gasteiger partial charge is 0.423 e. The number of benzene rings is 2. The maximum atomic E-state index is 9.49. The number of aliphatic imine (C=N–C) groups is 2. The molecule has 2 aliphatic rings. The van der Waals surface area contributed by atoms with Crippen LogP contribution in [0.5, 0.6) is 0 Å². The van der Waals surface area contributed by atoms with E-state index in [0.29, 0.717) is 17.1 Å². The number of allylic oxidation sites excluding steroid dienone is 2. The van der Waals surface area contributed by atoms with Gasteiger partial charge in [-0.15, -0.1) is 0 Å². The Labute approximate surface area is 158 Å². The molecule has 0 saturated heterocycles. The van der Waals surface area contributed by atoms with Gasteiger partial charge in [-0.05, 0) is 23.9 Å². The second kappa shape index (κ2) is 7.74. The van der Waals surface area contributed by atoms with Gasteiger partial charge < -0.3 is 15.4 Å². The summed E-state index contributed by atoms with van der Waals surface area (Å²) in [6.07, 6.45) is 8.27. The highest BCUT2D eigenvalue weighted by molar-refractivity contribution is 6.58. The fourth-order valence-electron chi connectivity index (χ4n) is 3.17. The molecule has 5 nitrogen and oxygen atoms in total. The van der Waals surface area contributed by atoms with E-state index in [1.165, 1.54) is 0 Å². The van der Waals surface area contributed by atoms with Gasteiger partial charge in [0.15, 0.2) is 5.84 Å². The SMILES string of the molecule is OB(O)c1cccc(C2=NC(c3ccccc3)=NC(C3=CCCC=C3)N2)c1. The molecule has 0 aromatic heterocycles. The van der Waals surface area contributed by atoms with Crippen molar-refractivity contribution < 1.29 is 10.0 Å². The molecule has 1 heterocycles. The predicted octanol–water partition coefficient (Wildman–Crippen LogP) is 1.77. The minimum atomic E-state index is -1.52. The molecule has 0 saturated carbocycles. The van der Waals surface area contributed by atoms with Crippen molar-refractivity contribution in [2.45, 2.75) is 19.0 Å². The molecule has 1 unspecified atom stereocenters. The lowest BCUT2D eigenvalue weighted by Gasteiger charge is -2.25. The highest BCUT2D eigenvalue weighted by Crippen LogP contribution is 2.19. The van der Waals surface area contributed by atoms with E-state index in [2.05, 4.69) is 23.5 Å². The molecule has 1 atom stereocenters. The highest BCUT2D eigenvalue weighted by atomic mass is 16.4. The Kier molecular flexibility index (Phi) is 5.00. The molecule has 4 rings (SSSR count). The monoisotopic (exact) mass is 357 g/mol. The fourth-order valence-corrected chi connectivity index (χ4v) is 3.17. The van der Waals surface area contributed by atoms with E-state index in [9.17, 15) is 10.0 Å². The lowest BCUT2D eigenvalue weighted by Crippen LogP contribution is -2.40. The molecule has 6 heteroatoms. The summed E-state index contributed by atoms with van der Waals surface area (Å²) in [7, 11) is -1.52. The zero-order valence-electron chi connectivity index (χ0n) is 14.8. The molecule has 27 heavy (non-hydrogen) atoms. The molecule has 1 aliphatic carbocycles. The van der Waals surface area contributed by atoms with Gasteiger partial charge in [0, 0.05) is 11.1 Å². The van der Waals surface area contributed by atoms with Crippen LogP contribution in [0.25, 0.3) is 0 Å². The Bertz CT molecular complexity index is 949. The van der Waals surface area contributed by atoms with Crippen molar-refractivity contribution in [1.29, 1.82) is 0 Å². The zero-order chi connectivity index (χ0) is 18.6. The summed E-state index contributed by atoms with van der Waals surface area (Å²) in [4.78, 5) is 9.52. The van der Waals surface area contributed by atoms with E-state index in [1.807, 2.05) is 36.4 Å². The first-order chi connectivity index (χ1) is 13.2. The Morgan fingerprint density at radius 1 is 0.963 bits per heavy atom. The molecular weight excluding hydrogens is 337 g/mol. The van der Waals surface area contributed by atoms with Gasteiger partial charge in [-0.2, -0.15) is 0 Å². The van der Waals surface area contributed by atoms with Crippen LogP contribution < -0.4 is 10.8 Å². The third-order valence-electron chi connectivity index (χ3n) is 4.57. The molecule has 134 valence electrons. The van der Waals surface area contributed by atoms with E-state index in [-0.39, 0.29) is 6.17 Å². The van der Waals surface area contributed by atoms with Crippen LogP contribution in [-0.4, -0.2) is 35.0 Å². The van der Waals surface area contributed by atoms with Crippen LogP contribution in [0.1, 0.15) is 24.0 Å². The standard InChI is InChI=1S/C21H20BN3O2/c26-22(27)18-13-7-12-17(14-18)21-24-19(15-8-3-1-4-9-15)23-20(25-21)16-10-5-2-6-11-16/h1,3-5,7-14,20,26-27H,2,6H2,(H,23,24,25). The van der Waals surface area contributed by atoms with Gasteiger partial charge >= 0.3 is 7.12 Å². The van der Waals surface area contributed by atoms with Crippen molar-refractivity contribution >= 4 is 24.3 Å². The van der Waals surface area contributed by atoms with E-state index >= 15 is 0 Å². The second-order valence-corrected chi connectivity index (χ2v) is 6.51. The van der Waals surface area contributed by atoms with Crippen LogP contribution in [0, 0.1) is 0 Å². The molecule has 3 N–H and O–H groups in total. The minimum absolute atomic E-state index is 0.230. The number of nitrogens with one attached hydrogen (secondary N) is 1. The summed E-state index contributed by atoms with van der Waals surface area (Å²) in [5.41, 5.74) is 3.27. The summed E-state index contributed by atoms with van der Waals surface area (Å²) in [6.45, 7) is 0. The molecule has 2 aromatic carbocycles. The number of nitrogens with zero attached hydrogens (tertiary/aromatic N) is 2. The maximum Gasteiger partial charge on any atom is 0.488 e. The van der Waals surface area contributed by atoms with Crippen molar-refractivity contribution in [3.05, 3.63) is 89.5 Å². The van der Waals surface area contributed by atoms with Crippen LogP contribution in [0.15, 0.2) is 88.4 Å². The van der Waals surface area contributed by atoms with E-state index in [4.69, 9.17) is 9.98 Å². The summed E-state index contributed by atoms with van der Waals surface area (Å²) in [5, 5.41) is 22.4. The van der Waals surface area contributed by atoms with Crippen LogP contribution in [0.3, 0.4) is 0 Å². The lowest BCUT2D eigenvalue weighted by molar-refractivity contribution is 0.426. The first kappa shape index (κ1) is 17.5. The van der Waals surface area contributed by atoms with Gasteiger partial charge in [0.05, 0.1) is 0 Å². The first-order valence-corrected chi connectivity index (χ1v) is 9.02. The molecule has 0 fully saturated rings. The fraction of sp³-hybridized carbons (Fsp3) is 0.143. The van der Waals surface area contributed by atoms with Crippen molar-refractivity contribution in [2.75, 3.05) is 0 Å². The molecule has 2 aromatic rings. The van der Waals surface area contributed by atoms with E-state index in [1.54, 1.807) is 18.2 Å². The van der Waals surface area contributed by atoms with Crippen LogP contribution in [0.2, 0.25) is 0 Å². The molecule has 0 radical (unpaired) electrons. The van der Waals surface area contributed by atoms with Gasteiger partial charge in [-0.25, -0.2) is 9.98 Å². The molecule has 0 amide bonds. The highest BCUT2D eigenvalue weighted by Gasteiger charge is 2.22. The van der Waals surface area contributed by atoms with Gasteiger partial charge in [-0.1, -0.05) is 72.8 Å². The Morgan fingerprint density at radius 2 is 1.78 bits per heavy atom. The Morgan fingerprint density at radius 3 is 2.52 bits per heavy atom. The molecular formula is C21H20BN3O2. The van der Waals surface area contributed by atoms with Gasteiger partial charge in [0.25, 0.3) is 0 Å². The van der Waals surface area contributed by atoms with Crippen molar-refractivity contribution in [2.24, 2.45) is 9.98 Å². The average Bonchev–Trinajstić information content (AvgIpc) is 2.75. The average molecular weight is 357 g/mol. The van der Waals surface area contributed by atoms with Crippen molar-refractivity contribution in [3.63, 3.8) is 0 Å². The van der Waals surface area contributed by atoms with Gasteiger partial charge in [-0.3, -0.25) is 0 Å². The number of hydrogen-bond acceptors (Lipinski definition) is 5. The Hall–Kier alpha value is -2.96. The molecule has 0 spiro atoms. The summed E-state index contributed by atoms with van der Waals surface area (Å²) >= 11 is 0. The number of hydrogen-bond donors (Lipinski definition) is 3. The Balaban J connectivity index is 1.75. The van der Waals surface area contributed by atoms with Gasteiger partial charge in [0.2, 0.25) is 0 Å². The summed E-state index contributed by atoms with van der Waals surface area (Å²) in [5.74, 6) is 1.32. The minimum Gasteiger partial charge on any atom is -0.423 e. The topological polar surface area (TPSA) is 77.2 Å². The quantitative estimate of drug-likeness (QED) is 0.730. The van der Waals surface area contributed by atoms with Crippen LogP contribution in [-0.2, 0) is 0 Å². The number of rotatable bonds is 4. The second-order valence-electron chi connectivity index (χ2n) is 6.51. The predicted molar refractivity (Wildman–Crippen MR) is 109 cm³/mol. The third kappa shape index (κ3) is 3.92. The maximum absolute atomic E-state index is 9.49. The zero-order valence-corrected chi connectivity index (χ0v) is 14.8. The van der Waals surface area contributed by atoms with Crippen LogP contribution in [0.4, 0.5) is 0 Å². The van der Waals surface area contributed by atoms with Crippen molar-refractivity contribution in [1.82, 2.24) is 5.32 Å². The first-order valence-electron chi connectivity index (χ1n) is 9.02. The number of amidine groups is 2. The summed E-state index contributed by atoms with van der Waals surface area (Å²) < 4.78 is 0. The van der Waals surface area contributed by atoms with E-state index < -0.39 is 7.12 Å². The molecule has 1 aliphatic heterocycles. The van der Waals surface area contributed by atoms with E-state index in [0.717, 1.165) is 29.5 Å². The van der Waals surface area contributed by atoms with Crippen molar-refractivity contribution in [3.8, 4) is 0 Å².